The standard InChI is InChI=1S/C12H13ClO3/c1-14-9-16-12-6-5-11(15-2)8-10(12)4-3-7-13/h5-6,8H,7,9H2,1-2H3. The minimum Gasteiger partial charge on any atom is -0.497 e. The fraction of sp³-hybridized carbons (Fsp3) is 0.333. The molecule has 0 N–H and O–H groups in total. The van der Waals surface area contributed by atoms with Gasteiger partial charge in [-0.3, -0.25) is 0 Å². The summed E-state index contributed by atoms with van der Waals surface area (Å²) in [4.78, 5) is 0. The molecular formula is C12H13ClO3. The van der Waals surface area contributed by atoms with Gasteiger partial charge in [0.05, 0.1) is 18.6 Å². The van der Waals surface area contributed by atoms with Crippen LogP contribution in [0.5, 0.6) is 11.5 Å². The van der Waals surface area contributed by atoms with Crippen LogP contribution < -0.4 is 9.47 Å². The first kappa shape index (κ1) is 12.7. The third-order valence-corrected chi connectivity index (χ3v) is 1.94. The number of hydrogen-bond donors (Lipinski definition) is 0. The topological polar surface area (TPSA) is 27.7 Å². The summed E-state index contributed by atoms with van der Waals surface area (Å²) in [5.74, 6) is 7.33. The Balaban J connectivity index is 2.96. The first-order valence-corrected chi connectivity index (χ1v) is 5.20. The Morgan fingerprint density at radius 1 is 1.31 bits per heavy atom. The number of methoxy groups -OCH3 is 2. The summed E-state index contributed by atoms with van der Waals surface area (Å²) in [6.07, 6.45) is 0. The van der Waals surface area contributed by atoms with Crippen LogP contribution in [0.1, 0.15) is 5.56 Å². The summed E-state index contributed by atoms with van der Waals surface area (Å²) in [6, 6.07) is 5.39. The van der Waals surface area contributed by atoms with Crippen molar-refractivity contribution in [2.45, 2.75) is 0 Å². The summed E-state index contributed by atoms with van der Waals surface area (Å²) in [5, 5.41) is 0. The van der Waals surface area contributed by atoms with Crippen molar-refractivity contribution in [2.75, 3.05) is 26.9 Å². The van der Waals surface area contributed by atoms with Gasteiger partial charge in [-0.1, -0.05) is 11.8 Å². The summed E-state index contributed by atoms with van der Waals surface area (Å²) >= 11 is 5.51. The van der Waals surface area contributed by atoms with Crippen LogP contribution in [0.3, 0.4) is 0 Å². The quantitative estimate of drug-likeness (QED) is 0.459. The fourth-order valence-corrected chi connectivity index (χ4v) is 1.18. The van der Waals surface area contributed by atoms with Gasteiger partial charge in [0.1, 0.15) is 11.5 Å². The highest BCUT2D eigenvalue weighted by Crippen LogP contribution is 2.23. The van der Waals surface area contributed by atoms with Crippen LogP contribution in [0.4, 0.5) is 0 Å². The number of alkyl halides is 1. The van der Waals surface area contributed by atoms with Crippen LogP contribution in [0, 0.1) is 11.8 Å². The molecule has 86 valence electrons. The van der Waals surface area contributed by atoms with E-state index in [2.05, 4.69) is 11.8 Å². The van der Waals surface area contributed by atoms with Crippen LogP contribution in [0.15, 0.2) is 18.2 Å². The van der Waals surface area contributed by atoms with Gasteiger partial charge in [0.2, 0.25) is 0 Å². The van der Waals surface area contributed by atoms with Gasteiger partial charge < -0.3 is 14.2 Å². The molecule has 1 aromatic rings. The molecule has 0 radical (unpaired) electrons. The normalized spacial score (nSPS) is 9.19. The second-order valence-electron chi connectivity index (χ2n) is 2.85. The summed E-state index contributed by atoms with van der Waals surface area (Å²) < 4.78 is 15.3. The number of ether oxygens (including phenoxy) is 3. The predicted octanol–water partition coefficient (Wildman–Crippen LogP) is 2.27. The van der Waals surface area contributed by atoms with Gasteiger partial charge >= 0.3 is 0 Å². The molecule has 0 bridgehead atoms. The van der Waals surface area contributed by atoms with Gasteiger partial charge in [-0.2, -0.15) is 0 Å². The second kappa shape index (κ2) is 7.00. The maximum Gasteiger partial charge on any atom is 0.188 e. The van der Waals surface area contributed by atoms with Crippen LogP contribution in [0.2, 0.25) is 0 Å². The van der Waals surface area contributed by atoms with E-state index in [4.69, 9.17) is 25.8 Å². The number of benzene rings is 1. The van der Waals surface area contributed by atoms with Crippen LogP contribution in [0.25, 0.3) is 0 Å². The Labute approximate surface area is 100 Å². The Morgan fingerprint density at radius 2 is 2.12 bits per heavy atom. The largest absolute Gasteiger partial charge is 0.497 e. The Bertz CT molecular complexity index is 393. The Hall–Kier alpha value is -1.37. The van der Waals surface area contributed by atoms with Crippen molar-refractivity contribution in [3.8, 4) is 23.3 Å². The highest BCUT2D eigenvalue weighted by atomic mass is 35.5. The minimum absolute atomic E-state index is 0.182. The molecule has 0 saturated carbocycles. The molecule has 4 heteroatoms. The van der Waals surface area contributed by atoms with Crippen molar-refractivity contribution in [3.63, 3.8) is 0 Å². The van der Waals surface area contributed by atoms with Crippen molar-refractivity contribution in [2.24, 2.45) is 0 Å². The number of rotatable bonds is 4. The van der Waals surface area contributed by atoms with E-state index in [0.717, 1.165) is 11.3 Å². The van der Waals surface area contributed by atoms with Gasteiger partial charge in [0.25, 0.3) is 0 Å². The first-order valence-electron chi connectivity index (χ1n) is 4.66. The monoisotopic (exact) mass is 240 g/mol. The van der Waals surface area contributed by atoms with Crippen molar-refractivity contribution in [1.82, 2.24) is 0 Å². The fourth-order valence-electron chi connectivity index (χ4n) is 1.11. The minimum atomic E-state index is 0.182. The van der Waals surface area contributed by atoms with E-state index in [1.165, 1.54) is 0 Å². The van der Waals surface area contributed by atoms with Crippen molar-refractivity contribution in [1.29, 1.82) is 0 Å². The zero-order valence-corrected chi connectivity index (χ0v) is 10.0. The van der Waals surface area contributed by atoms with E-state index in [1.54, 1.807) is 32.4 Å². The van der Waals surface area contributed by atoms with Gasteiger partial charge in [-0.25, -0.2) is 0 Å². The number of hydrogen-bond acceptors (Lipinski definition) is 3. The van der Waals surface area contributed by atoms with E-state index in [1.807, 2.05) is 0 Å². The van der Waals surface area contributed by atoms with E-state index < -0.39 is 0 Å². The van der Waals surface area contributed by atoms with Crippen LogP contribution >= 0.6 is 11.6 Å². The van der Waals surface area contributed by atoms with E-state index in [0.29, 0.717) is 5.75 Å². The molecule has 0 unspecified atom stereocenters. The molecule has 0 amide bonds. The molecular weight excluding hydrogens is 228 g/mol. The van der Waals surface area contributed by atoms with Gasteiger partial charge in [0.15, 0.2) is 6.79 Å². The van der Waals surface area contributed by atoms with E-state index >= 15 is 0 Å². The van der Waals surface area contributed by atoms with E-state index in [9.17, 15) is 0 Å². The third kappa shape index (κ3) is 3.65. The second-order valence-corrected chi connectivity index (χ2v) is 3.12. The molecule has 3 nitrogen and oxygen atoms in total. The molecule has 0 spiro atoms. The van der Waals surface area contributed by atoms with Crippen LogP contribution in [-0.4, -0.2) is 26.9 Å². The SMILES string of the molecule is COCOc1ccc(OC)cc1C#CCCl. The molecule has 1 aromatic carbocycles. The lowest BCUT2D eigenvalue weighted by molar-refractivity contribution is 0.0509. The molecule has 16 heavy (non-hydrogen) atoms. The smallest absolute Gasteiger partial charge is 0.188 e. The maximum absolute atomic E-state index is 5.51. The predicted molar refractivity (Wildman–Crippen MR) is 63.1 cm³/mol. The number of halogens is 1. The Kier molecular flexibility index (Phi) is 5.55. The first-order chi connectivity index (χ1) is 7.81. The molecule has 0 aliphatic heterocycles. The molecule has 0 atom stereocenters. The van der Waals surface area contributed by atoms with Gasteiger partial charge in [-0.15, -0.1) is 11.6 Å². The summed E-state index contributed by atoms with van der Waals surface area (Å²) in [7, 11) is 3.16. The van der Waals surface area contributed by atoms with Crippen molar-refractivity contribution >= 4 is 11.6 Å². The molecule has 0 aliphatic rings. The third-order valence-electron chi connectivity index (χ3n) is 1.81. The van der Waals surface area contributed by atoms with Gasteiger partial charge in [-0.05, 0) is 18.2 Å². The molecule has 0 aromatic heterocycles. The average Bonchev–Trinajstić information content (AvgIpc) is 2.34. The zero-order valence-electron chi connectivity index (χ0n) is 9.25. The molecule has 0 saturated heterocycles. The van der Waals surface area contributed by atoms with Crippen molar-refractivity contribution < 1.29 is 14.2 Å². The average molecular weight is 241 g/mol. The van der Waals surface area contributed by atoms with Gasteiger partial charge in [0, 0.05) is 7.11 Å². The lowest BCUT2D eigenvalue weighted by atomic mass is 10.2. The summed E-state index contributed by atoms with van der Waals surface area (Å²) in [6.45, 7) is 0.182. The zero-order chi connectivity index (χ0) is 11.8. The lowest BCUT2D eigenvalue weighted by Gasteiger charge is -2.08. The van der Waals surface area contributed by atoms with Crippen LogP contribution in [-0.2, 0) is 4.74 Å². The summed E-state index contributed by atoms with van der Waals surface area (Å²) in [5.41, 5.74) is 0.733. The van der Waals surface area contributed by atoms with E-state index in [-0.39, 0.29) is 12.7 Å². The molecule has 0 fully saturated rings. The molecule has 0 aliphatic carbocycles. The highest BCUT2D eigenvalue weighted by Gasteiger charge is 2.03. The maximum atomic E-state index is 5.51. The van der Waals surface area contributed by atoms with Crippen molar-refractivity contribution in [3.05, 3.63) is 23.8 Å². The Morgan fingerprint density at radius 3 is 2.75 bits per heavy atom. The molecule has 0 heterocycles. The highest BCUT2D eigenvalue weighted by molar-refractivity contribution is 6.19. The lowest BCUT2D eigenvalue weighted by Crippen LogP contribution is -2.00. The molecule has 1 rings (SSSR count).